The van der Waals surface area contributed by atoms with Gasteiger partial charge in [-0.05, 0) is 105 Å². The number of aliphatic hydroxyl groups is 1. The minimum Gasteiger partial charge on any atom is -0.492 e. The second-order valence-corrected chi connectivity index (χ2v) is 15.3. The topological polar surface area (TPSA) is 87.0 Å². The van der Waals surface area contributed by atoms with Crippen LogP contribution in [0.4, 0.5) is 0 Å². The third kappa shape index (κ3) is 9.31. The number of aliphatic hydroxyl groups excluding tert-OH is 1. The summed E-state index contributed by atoms with van der Waals surface area (Å²) < 4.78 is 19.4. The lowest BCUT2D eigenvalue weighted by Crippen LogP contribution is -2.41. The molecule has 0 unspecified atom stereocenters. The Balaban J connectivity index is 1.10. The SMILES string of the molecule is N#CC1=CCC/C=C/C(COc2cc(O[C@H]3CCc4c(-c5cccc(OCCCN6CCC6)c5Cl)cccc43)c(Cl)cc2CN[C@@H]2CCCC[C@@H]2O)=C1. The summed E-state index contributed by atoms with van der Waals surface area (Å²) in [6.45, 7) is 4.85. The number of likely N-dealkylation sites (tertiary alicyclic amines) is 1. The van der Waals surface area contributed by atoms with E-state index in [2.05, 4.69) is 46.6 Å². The number of halogens is 2. The number of hydrogen-bond donors (Lipinski definition) is 2. The fraction of sp³-hybridized carbons (Fsp3) is 0.432. The normalized spacial score (nSPS) is 22.0. The maximum Gasteiger partial charge on any atom is 0.142 e. The molecule has 0 amide bonds. The van der Waals surface area contributed by atoms with E-state index in [1.807, 2.05) is 42.5 Å². The van der Waals surface area contributed by atoms with Crippen molar-refractivity contribution >= 4 is 23.2 Å². The lowest BCUT2D eigenvalue weighted by Gasteiger charge is -2.30. The Morgan fingerprint density at radius 1 is 0.925 bits per heavy atom. The van der Waals surface area contributed by atoms with Crippen LogP contribution in [0.2, 0.25) is 10.0 Å². The molecule has 0 radical (unpaired) electrons. The van der Waals surface area contributed by atoms with Crippen LogP contribution >= 0.6 is 23.2 Å². The minimum atomic E-state index is -0.371. The fourth-order valence-corrected chi connectivity index (χ4v) is 8.30. The van der Waals surface area contributed by atoms with Gasteiger partial charge in [-0.1, -0.05) is 84.6 Å². The number of nitrogens with one attached hydrogen (secondary N) is 1. The van der Waals surface area contributed by atoms with E-state index in [-0.39, 0.29) is 24.9 Å². The van der Waals surface area contributed by atoms with Crippen LogP contribution in [0.25, 0.3) is 11.1 Å². The first-order valence-corrected chi connectivity index (χ1v) is 20.0. The highest BCUT2D eigenvalue weighted by molar-refractivity contribution is 6.35. The van der Waals surface area contributed by atoms with Crippen molar-refractivity contribution < 1.29 is 19.3 Å². The van der Waals surface area contributed by atoms with E-state index < -0.39 is 0 Å². The Kier molecular flexibility index (Phi) is 12.8. The van der Waals surface area contributed by atoms with E-state index in [9.17, 15) is 10.4 Å². The van der Waals surface area contributed by atoms with E-state index in [0.717, 1.165) is 92.2 Å². The number of fused-ring (bicyclic) bond motifs is 1. The summed E-state index contributed by atoms with van der Waals surface area (Å²) >= 11 is 14.0. The van der Waals surface area contributed by atoms with Gasteiger partial charge in [0.15, 0.2) is 0 Å². The van der Waals surface area contributed by atoms with Crippen LogP contribution in [0.15, 0.2) is 84.0 Å². The van der Waals surface area contributed by atoms with E-state index >= 15 is 0 Å². The zero-order chi connectivity index (χ0) is 36.6. The van der Waals surface area contributed by atoms with Crippen LogP contribution in [-0.2, 0) is 13.0 Å². The molecule has 3 atom stereocenters. The van der Waals surface area contributed by atoms with Gasteiger partial charge in [-0.3, -0.25) is 0 Å². The van der Waals surface area contributed by atoms with Crippen LogP contribution in [0.1, 0.15) is 80.6 Å². The molecule has 1 saturated carbocycles. The van der Waals surface area contributed by atoms with E-state index in [0.29, 0.717) is 46.0 Å². The first-order valence-electron chi connectivity index (χ1n) is 19.2. The monoisotopic (exact) mass is 753 g/mol. The van der Waals surface area contributed by atoms with Gasteiger partial charge in [-0.25, -0.2) is 0 Å². The van der Waals surface area contributed by atoms with Crippen molar-refractivity contribution in [3.05, 3.63) is 111 Å². The zero-order valence-corrected chi connectivity index (χ0v) is 31.8. The van der Waals surface area contributed by atoms with Crippen molar-refractivity contribution in [2.75, 3.05) is 32.8 Å². The van der Waals surface area contributed by atoms with Crippen LogP contribution in [-0.4, -0.2) is 55.0 Å². The predicted molar refractivity (Wildman–Crippen MR) is 212 cm³/mol. The number of allylic oxidation sites excluding steroid dienone is 4. The van der Waals surface area contributed by atoms with Gasteiger partial charge in [0.2, 0.25) is 0 Å². The van der Waals surface area contributed by atoms with Gasteiger partial charge in [0.1, 0.15) is 30.0 Å². The van der Waals surface area contributed by atoms with Crippen molar-refractivity contribution in [1.29, 1.82) is 5.26 Å². The van der Waals surface area contributed by atoms with Crippen molar-refractivity contribution in [3.63, 3.8) is 0 Å². The number of ether oxygens (including phenoxy) is 3. The molecule has 1 saturated heterocycles. The summed E-state index contributed by atoms with van der Waals surface area (Å²) in [6.07, 6.45) is 16.9. The minimum absolute atomic E-state index is 0.0194. The van der Waals surface area contributed by atoms with E-state index in [1.165, 1.54) is 25.1 Å². The molecule has 0 aromatic heterocycles. The van der Waals surface area contributed by atoms with Crippen molar-refractivity contribution in [2.24, 2.45) is 0 Å². The quantitative estimate of drug-likeness (QED) is 0.159. The lowest BCUT2D eigenvalue weighted by atomic mass is 9.92. The average Bonchev–Trinajstić information content (AvgIpc) is 3.55. The Hall–Kier alpha value is -3.77. The second-order valence-electron chi connectivity index (χ2n) is 14.5. The smallest absolute Gasteiger partial charge is 0.142 e. The Labute approximate surface area is 323 Å². The van der Waals surface area contributed by atoms with Gasteiger partial charge >= 0.3 is 0 Å². The highest BCUT2D eigenvalue weighted by atomic mass is 35.5. The van der Waals surface area contributed by atoms with Gasteiger partial charge < -0.3 is 29.5 Å². The van der Waals surface area contributed by atoms with Crippen LogP contribution in [0, 0.1) is 11.3 Å². The van der Waals surface area contributed by atoms with Gasteiger partial charge in [-0.15, -0.1) is 0 Å². The summed E-state index contributed by atoms with van der Waals surface area (Å²) in [7, 11) is 0. The maximum absolute atomic E-state index is 10.6. The number of benzene rings is 3. The Bertz CT molecular complexity index is 1900. The molecule has 2 N–H and O–H groups in total. The summed E-state index contributed by atoms with van der Waals surface area (Å²) in [6, 6.07) is 18.5. The largest absolute Gasteiger partial charge is 0.492 e. The lowest BCUT2D eigenvalue weighted by molar-refractivity contribution is 0.0901. The number of hydrogen-bond acceptors (Lipinski definition) is 7. The first-order chi connectivity index (χ1) is 26.0. The molecule has 0 spiro atoms. The molecule has 7 rings (SSSR count). The van der Waals surface area contributed by atoms with Gasteiger partial charge in [0, 0.05) is 41.9 Å². The predicted octanol–water partition coefficient (Wildman–Crippen LogP) is 9.70. The molecule has 1 aliphatic heterocycles. The summed E-state index contributed by atoms with van der Waals surface area (Å²) in [5.74, 6) is 1.92. The van der Waals surface area contributed by atoms with Crippen LogP contribution in [0.3, 0.4) is 0 Å². The van der Waals surface area contributed by atoms with Crippen molar-refractivity contribution in [3.8, 4) is 34.4 Å². The maximum atomic E-state index is 10.6. The summed E-state index contributed by atoms with van der Waals surface area (Å²) in [4.78, 5) is 2.45. The summed E-state index contributed by atoms with van der Waals surface area (Å²) in [5.41, 5.74) is 6.83. The van der Waals surface area contributed by atoms with Crippen LogP contribution < -0.4 is 19.5 Å². The molecular weight excluding hydrogens is 705 g/mol. The van der Waals surface area contributed by atoms with Crippen LogP contribution in [0.5, 0.6) is 17.2 Å². The third-order valence-electron chi connectivity index (χ3n) is 10.9. The second kappa shape index (κ2) is 18.0. The molecule has 53 heavy (non-hydrogen) atoms. The molecule has 2 fully saturated rings. The molecule has 278 valence electrons. The fourth-order valence-electron chi connectivity index (χ4n) is 7.78. The average molecular weight is 755 g/mol. The number of nitriles is 1. The van der Waals surface area contributed by atoms with Gasteiger partial charge in [-0.2, -0.15) is 5.26 Å². The summed E-state index contributed by atoms with van der Waals surface area (Å²) in [5, 5.41) is 24.9. The molecule has 3 aliphatic carbocycles. The molecule has 9 heteroatoms. The number of nitrogens with zero attached hydrogens (tertiary/aromatic N) is 2. The zero-order valence-electron chi connectivity index (χ0n) is 30.3. The molecule has 3 aromatic rings. The van der Waals surface area contributed by atoms with Crippen molar-refractivity contribution in [2.45, 2.75) is 89.0 Å². The number of rotatable bonds is 14. The molecule has 0 bridgehead atoms. The Morgan fingerprint density at radius 3 is 2.60 bits per heavy atom. The third-order valence-corrected chi connectivity index (χ3v) is 11.5. The molecule has 7 nitrogen and oxygen atoms in total. The van der Waals surface area contributed by atoms with Gasteiger partial charge in [0.25, 0.3) is 0 Å². The highest BCUT2D eigenvalue weighted by Crippen LogP contribution is 2.45. The molecule has 3 aromatic carbocycles. The molecule has 4 aliphatic rings. The van der Waals surface area contributed by atoms with E-state index in [1.54, 1.807) is 0 Å². The van der Waals surface area contributed by atoms with Crippen molar-refractivity contribution in [1.82, 2.24) is 10.2 Å². The van der Waals surface area contributed by atoms with E-state index in [4.69, 9.17) is 37.4 Å². The molecular formula is C44H49Cl2N3O4. The standard InChI is InChI=1S/C44H49Cl2N3O4/c45-37-25-32(28-48-38-15-4-5-16-39(38)50)42(52-29-31-11-3-1-2-10-30(24-31)27-47)26-43(37)53-40-19-18-34-33(12-6-13-35(34)40)36-14-7-17-41(44(36)46)51-23-9-22-49-20-8-21-49/h3,6-7,10-14,17,24-26,38-40,48,50H,1-2,4-5,8-9,15-16,18-23,28-29H2/b11-3+,30-10?,31-24?/t38-,39+,40+/m1/s1. The van der Waals surface area contributed by atoms with Gasteiger partial charge in [0.05, 0.1) is 28.8 Å². The Morgan fingerprint density at radius 2 is 1.77 bits per heavy atom. The highest BCUT2D eigenvalue weighted by Gasteiger charge is 2.29. The first kappa shape index (κ1) is 37.5. The molecule has 1 heterocycles.